The lowest BCUT2D eigenvalue weighted by molar-refractivity contribution is 0.0943. The second-order valence-corrected chi connectivity index (χ2v) is 6.64. The number of carbonyl (C=O) groups excluding carboxylic acids is 2. The highest BCUT2D eigenvalue weighted by Gasteiger charge is 2.42. The van der Waals surface area contributed by atoms with Gasteiger partial charge < -0.3 is 15.2 Å². The molecule has 0 radical (unpaired) electrons. The highest BCUT2D eigenvalue weighted by molar-refractivity contribution is 6.00. The minimum atomic E-state index is -0.521. The van der Waals surface area contributed by atoms with Gasteiger partial charge in [-0.2, -0.15) is 0 Å². The highest BCUT2D eigenvalue weighted by Crippen LogP contribution is 2.33. The standard InChI is InChI=1S/C20H22N4O3/c1-21-13-20(8-9-20)23-17(25)15-10-16(18(26)22-2)19(27)24(12-15)11-14-6-4-3-5-7-14/h3-7,10,12-13H,8-9,11H2,1-2H3,(H,22,26)(H,23,25)/b21-13+. The van der Waals surface area contributed by atoms with Crippen LogP contribution in [-0.2, 0) is 6.54 Å². The molecule has 27 heavy (non-hydrogen) atoms. The van der Waals surface area contributed by atoms with E-state index < -0.39 is 17.0 Å². The van der Waals surface area contributed by atoms with Crippen molar-refractivity contribution in [3.8, 4) is 0 Å². The molecule has 3 rings (SSSR count). The maximum Gasteiger partial charge on any atom is 0.263 e. The summed E-state index contributed by atoms with van der Waals surface area (Å²) in [6.07, 6.45) is 4.87. The Morgan fingerprint density at radius 1 is 1.22 bits per heavy atom. The number of amides is 2. The van der Waals surface area contributed by atoms with E-state index in [0.29, 0.717) is 0 Å². The van der Waals surface area contributed by atoms with Crippen molar-refractivity contribution in [1.82, 2.24) is 15.2 Å². The number of nitrogens with zero attached hydrogens (tertiary/aromatic N) is 2. The van der Waals surface area contributed by atoms with Crippen molar-refractivity contribution in [2.45, 2.75) is 24.9 Å². The zero-order chi connectivity index (χ0) is 19.4. The first kappa shape index (κ1) is 18.6. The van der Waals surface area contributed by atoms with Gasteiger partial charge in [0.05, 0.1) is 17.6 Å². The highest BCUT2D eigenvalue weighted by atomic mass is 16.2. The lowest BCUT2D eigenvalue weighted by Gasteiger charge is -2.15. The Labute approximate surface area is 157 Å². The molecule has 0 atom stereocenters. The predicted octanol–water partition coefficient (Wildman–Crippen LogP) is 1.22. The molecular weight excluding hydrogens is 344 g/mol. The number of benzene rings is 1. The lowest BCUT2D eigenvalue weighted by Crippen LogP contribution is -2.39. The van der Waals surface area contributed by atoms with Gasteiger partial charge in [0.1, 0.15) is 5.56 Å². The summed E-state index contributed by atoms with van der Waals surface area (Å²) in [7, 11) is 3.11. The van der Waals surface area contributed by atoms with Crippen LogP contribution in [0.15, 0.2) is 52.4 Å². The van der Waals surface area contributed by atoms with E-state index in [1.165, 1.54) is 23.9 Å². The van der Waals surface area contributed by atoms with Crippen molar-refractivity contribution < 1.29 is 9.59 Å². The second-order valence-electron chi connectivity index (χ2n) is 6.64. The number of hydrogen-bond donors (Lipinski definition) is 2. The molecule has 140 valence electrons. The van der Waals surface area contributed by atoms with Crippen LogP contribution in [0.5, 0.6) is 0 Å². The van der Waals surface area contributed by atoms with E-state index in [1.54, 1.807) is 13.3 Å². The van der Waals surface area contributed by atoms with Gasteiger partial charge in [-0.05, 0) is 24.5 Å². The van der Waals surface area contributed by atoms with Crippen LogP contribution >= 0.6 is 0 Å². The molecule has 2 aromatic rings. The van der Waals surface area contributed by atoms with Crippen molar-refractivity contribution in [3.05, 3.63) is 69.6 Å². The summed E-state index contributed by atoms with van der Waals surface area (Å²) in [5.74, 6) is -0.855. The minimum absolute atomic E-state index is 0.0601. The first-order chi connectivity index (χ1) is 13.0. The molecule has 0 saturated heterocycles. The van der Waals surface area contributed by atoms with E-state index in [4.69, 9.17) is 0 Å². The monoisotopic (exact) mass is 366 g/mol. The summed E-state index contributed by atoms with van der Waals surface area (Å²) in [5, 5.41) is 5.40. The van der Waals surface area contributed by atoms with Crippen LogP contribution in [0.2, 0.25) is 0 Å². The van der Waals surface area contributed by atoms with Crippen LogP contribution in [0.3, 0.4) is 0 Å². The van der Waals surface area contributed by atoms with E-state index >= 15 is 0 Å². The van der Waals surface area contributed by atoms with Gasteiger partial charge in [-0.3, -0.25) is 19.4 Å². The third kappa shape index (κ3) is 4.13. The summed E-state index contributed by atoms with van der Waals surface area (Å²) < 4.78 is 1.39. The van der Waals surface area contributed by atoms with Crippen LogP contribution in [0.1, 0.15) is 39.1 Å². The van der Waals surface area contributed by atoms with E-state index in [-0.39, 0.29) is 23.6 Å². The summed E-state index contributed by atoms with van der Waals surface area (Å²) in [5.41, 5.74) is 0.247. The van der Waals surface area contributed by atoms with Gasteiger partial charge in [0.2, 0.25) is 0 Å². The van der Waals surface area contributed by atoms with Gasteiger partial charge in [-0.25, -0.2) is 0 Å². The van der Waals surface area contributed by atoms with Crippen LogP contribution in [0, 0.1) is 0 Å². The zero-order valence-electron chi connectivity index (χ0n) is 15.4. The van der Waals surface area contributed by atoms with E-state index in [1.807, 2.05) is 30.3 Å². The molecule has 1 saturated carbocycles. The molecular formula is C20H22N4O3. The second kappa shape index (κ2) is 7.57. The number of pyridine rings is 1. The van der Waals surface area contributed by atoms with Crippen LogP contribution in [0.25, 0.3) is 0 Å². The van der Waals surface area contributed by atoms with Crippen LogP contribution < -0.4 is 16.2 Å². The van der Waals surface area contributed by atoms with Crippen molar-refractivity contribution in [1.29, 1.82) is 0 Å². The average Bonchev–Trinajstić information content (AvgIpc) is 3.42. The molecule has 1 aliphatic rings. The Balaban J connectivity index is 1.98. The van der Waals surface area contributed by atoms with Crippen molar-refractivity contribution in [2.24, 2.45) is 4.99 Å². The molecule has 0 bridgehead atoms. The molecule has 7 nitrogen and oxygen atoms in total. The fraction of sp³-hybridized carbons (Fsp3) is 0.300. The maximum atomic E-state index is 12.7. The molecule has 7 heteroatoms. The fourth-order valence-corrected chi connectivity index (χ4v) is 2.92. The minimum Gasteiger partial charge on any atom is -0.355 e. The maximum absolute atomic E-state index is 12.7. The van der Waals surface area contributed by atoms with Gasteiger partial charge in [-0.15, -0.1) is 0 Å². The topological polar surface area (TPSA) is 92.6 Å². The molecule has 0 unspecified atom stereocenters. The Bertz CT molecular complexity index is 943. The summed E-state index contributed by atoms with van der Waals surface area (Å²) in [4.78, 5) is 41.6. The molecule has 1 fully saturated rings. The third-order valence-electron chi connectivity index (χ3n) is 4.54. The van der Waals surface area contributed by atoms with Crippen molar-refractivity contribution >= 4 is 18.0 Å². The first-order valence-electron chi connectivity index (χ1n) is 8.74. The molecule has 2 N–H and O–H groups in total. The van der Waals surface area contributed by atoms with Gasteiger partial charge in [0.25, 0.3) is 17.4 Å². The SMILES string of the molecule is C/N=C/C1(NC(=O)c2cc(C(=O)NC)c(=O)n(Cc3ccccc3)c2)CC1. The fourth-order valence-electron chi connectivity index (χ4n) is 2.92. The van der Waals surface area contributed by atoms with E-state index in [2.05, 4.69) is 15.6 Å². The van der Waals surface area contributed by atoms with Gasteiger partial charge in [0, 0.05) is 26.5 Å². The summed E-state index contributed by atoms with van der Waals surface area (Å²) in [6, 6.07) is 10.7. The first-order valence-corrected chi connectivity index (χ1v) is 8.74. The Hall–Kier alpha value is -3.22. The van der Waals surface area contributed by atoms with Crippen LogP contribution in [-0.4, -0.2) is 42.2 Å². The van der Waals surface area contributed by atoms with Gasteiger partial charge in [-0.1, -0.05) is 30.3 Å². The average molecular weight is 366 g/mol. The largest absolute Gasteiger partial charge is 0.355 e. The van der Waals surface area contributed by atoms with Gasteiger partial charge in [0.15, 0.2) is 0 Å². The van der Waals surface area contributed by atoms with Gasteiger partial charge >= 0.3 is 0 Å². The van der Waals surface area contributed by atoms with E-state index in [0.717, 1.165) is 18.4 Å². The molecule has 2 amide bonds. The Morgan fingerprint density at radius 2 is 1.93 bits per heavy atom. The summed E-state index contributed by atoms with van der Waals surface area (Å²) in [6.45, 7) is 0.270. The Kier molecular flexibility index (Phi) is 5.21. The summed E-state index contributed by atoms with van der Waals surface area (Å²) >= 11 is 0. The third-order valence-corrected chi connectivity index (χ3v) is 4.54. The quantitative estimate of drug-likeness (QED) is 0.753. The zero-order valence-corrected chi connectivity index (χ0v) is 15.4. The molecule has 1 heterocycles. The molecule has 1 aromatic carbocycles. The smallest absolute Gasteiger partial charge is 0.263 e. The number of rotatable bonds is 6. The molecule has 0 aliphatic heterocycles. The van der Waals surface area contributed by atoms with Crippen molar-refractivity contribution in [2.75, 3.05) is 14.1 Å². The molecule has 0 spiro atoms. The number of carbonyl (C=O) groups is 2. The van der Waals surface area contributed by atoms with E-state index in [9.17, 15) is 14.4 Å². The van der Waals surface area contributed by atoms with Crippen molar-refractivity contribution in [3.63, 3.8) is 0 Å². The Morgan fingerprint density at radius 3 is 2.52 bits per heavy atom. The predicted molar refractivity (Wildman–Crippen MR) is 103 cm³/mol. The number of aromatic nitrogens is 1. The number of hydrogen-bond acceptors (Lipinski definition) is 4. The number of aliphatic imine (C=N–C) groups is 1. The normalized spacial score (nSPS) is 14.7. The van der Waals surface area contributed by atoms with Crippen LogP contribution in [0.4, 0.5) is 0 Å². The lowest BCUT2D eigenvalue weighted by atomic mass is 10.1. The molecule has 1 aromatic heterocycles. The molecule has 1 aliphatic carbocycles. The number of nitrogens with one attached hydrogen (secondary N) is 2.